The Morgan fingerprint density at radius 1 is 1.22 bits per heavy atom. The van der Waals surface area contributed by atoms with Crippen molar-refractivity contribution in [1.29, 1.82) is 0 Å². The van der Waals surface area contributed by atoms with Crippen molar-refractivity contribution in [3.8, 4) is 5.75 Å². The second kappa shape index (κ2) is 8.76. The molecule has 1 atom stereocenters. The van der Waals surface area contributed by atoms with E-state index in [0.717, 1.165) is 5.01 Å². The highest BCUT2D eigenvalue weighted by Gasteiger charge is 2.45. The fourth-order valence-electron chi connectivity index (χ4n) is 3.85. The number of anilines is 1. The Bertz CT molecular complexity index is 1250. The molecule has 2 aromatic carbocycles. The summed E-state index contributed by atoms with van der Waals surface area (Å²) in [6, 6.07) is 13.1. The van der Waals surface area contributed by atoms with Crippen LogP contribution in [0.1, 0.15) is 38.9 Å². The molecule has 3 aromatic rings. The smallest absolute Gasteiger partial charge is 0.294 e. The van der Waals surface area contributed by atoms with Crippen molar-refractivity contribution in [3.05, 3.63) is 86.0 Å². The number of aromatic nitrogens is 1. The maximum Gasteiger partial charge on any atom is 0.294 e. The molecule has 164 valence electrons. The maximum absolute atomic E-state index is 13.6. The summed E-state index contributed by atoms with van der Waals surface area (Å²) in [5, 5.41) is 12.0. The van der Waals surface area contributed by atoms with Crippen LogP contribution in [-0.2, 0) is 4.79 Å². The normalized spacial score (nSPS) is 16.1. The molecule has 0 aliphatic carbocycles. The number of ketones is 1. The fourth-order valence-corrected chi connectivity index (χ4v) is 4.91. The van der Waals surface area contributed by atoms with Crippen molar-refractivity contribution < 1.29 is 19.4 Å². The standard InChI is InChI=1S/C24H21ClN2O4S/c1-4-31-18-10-5-7-15(11-18)20-19(21(28)23-13(2)26-14(3)32-23)22(29)24(30)27(20)17-9-6-8-16(25)12-17/h5-12,20,29H,4H2,1-3H3. The first-order valence-electron chi connectivity index (χ1n) is 10.1. The molecule has 1 aromatic heterocycles. The number of thiazole rings is 1. The Balaban J connectivity index is 1.90. The number of amides is 1. The predicted octanol–water partition coefficient (Wildman–Crippen LogP) is 5.59. The highest BCUT2D eigenvalue weighted by atomic mass is 35.5. The zero-order valence-electron chi connectivity index (χ0n) is 17.8. The van der Waals surface area contributed by atoms with Gasteiger partial charge in [0.15, 0.2) is 5.76 Å². The number of Topliss-reactive ketones (excluding diaryl/α,β-unsaturated/α-hetero) is 1. The van der Waals surface area contributed by atoms with Crippen LogP contribution >= 0.6 is 22.9 Å². The minimum Gasteiger partial charge on any atom is -0.503 e. The van der Waals surface area contributed by atoms with Crippen LogP contribution in [-0.4, -0.2) is 28.4 Å². The minimum atomic E-state index is -0.851. The molecule has 0 saturated carbocycles. The van der Waals surface area contributed by atoms with Crippen molar-refractivity contribution in [1.82, 2.24) is 4.98 Å². The van der Waals surface area contributed by atoms with Crippen LogP contribution in [0.15, 0.2) is 59.9 Å². The van der Waals surface area contributed by atoms with Crippen LogP contribution in [0.2, 0.25) is 5.02 Å². The number of carbonyl (C=O) groups is 2. The molecule has 2 heterocycles. The highest BCUT2D eigenvalue weighted by molar-refractivity contribution is 7.14. The lowest BCUT2D eigenvalue weighted by Crippen LogP contribution is -2.31. The SMILES string of the molecule is CCOc1cccc(C2C(C(=O)c3sc(C)nc3C)=C(O)C(=O)N2c2cccc(Cl)c2)c1. The molecule has 1 amide bonds. The van der Waals surface area contributed by atoms with Gasteiger partial charge in [-0.25, -0.2) is 4.98 Å². The number of aliphatic hydroxyl groups is 1. The van der Waals surface area contributed by atoms with Crippen LogP contribution in [0.3, 0.4) is 0 Å². The van der Waals surface area contributed by atoms with Crippen molar-refractivity contribution in [2.45, 2.75) is 26.8 Å². The van der Waals surface area contributed by atoms with Gasteiger partial charge in [0.1, 0.15) is 5.75 Å². The molecule has 1 N–H and O–H groups in total. The number of hydrogen-bond donors (Lipinski definition) is 1. The van der Waals surface area contributed by atoms with Gasteiger partial charge < -0.3 is 9.84 Å². The van der Waals surface area contributed by atoms with E-state index in [4.69, 9.17) is 16.3 Å². The molecule has 0 radical (unpaired) electrons. The number of rotatable bonds is 6. The molecule has 1 aliphatic rings. The number of carbonyl (C=O) groups excluding carboxylic acids is 2. The average molecular weight is 469 g/mol. The summed E-state index contributed by atoms with van der Waals surface area (Å²) in [6.45, 7) is 5.89. The summed E-state index contributed by atoms with van der Waals surface area (Å²) in [6.07, 6.45) is 0. The summed E-state index contributed by atoms with van der Waals surface area (Å²) in [4.78, 5) is 32.9. The Labute approximate surface area is 194 Å². The minimum absolute atomic E-state index is 0.00961. The molecule has 32 heavy (non-hydrogen) atoms. The molecular weight excluding hydrogens is 448 g/mol. The van der Waals surface area contributed by atoms with Gasteiger partial charge in [-0.15, -0.1) is 11.3 Å². The van der Waals surface area contributed by atoms with Gasteiger partial charge in [0.2, 0.25) is 5.78 Å². The third-order valence-corrected chi connectivity index (χ3v) is 6.44. The molecular formula is C24H21ClN2O4S. The summed E-state index contributed by atoms with van der Waals surface area (Å²) < 4.78 is 5.63. The first-order chi connectivity index (χ1) is 15.3. The molecule has 0 saturated heterocycles. The Kier molecular flexibility index (Phi) is 6.04. The number of ether oxygens (including phenoxy) is 1. The van der Waals surface area contributed by atoms with E-state index in [1.165, 1.54) is 16.2 Å². The molecule has 0 spiro atoms. The van der Waals surface area contributed by atoms with Crippen LogP contribution < -0.4 is 9.64 Å². The average Bonchev–Trinajstić information content (AvgIpc) is 3.23. The molecule has 0 fully saturated rings. The summed E-state index contributed by atoms with van der Waals surface area (Å²) in [7, 11) is 0. The first kappa shape index (κ1) is 22.0. The number of aryl methyl sites for hydroxylation is 2. The van der Waals surface area contributed by atoms with Crippen LogP contribution in [0.4, 0.5) is 5.69 Å². The Morgan fingerprint density at radius 2 is 1.97 bits per heavy atom. The van der Waals surface area contributed by atoms with Gasteiger partial charge in [-0.2, -0.15) is 0 Å². The number of benzene rings is 2. The van der Waals surface area contributed by atoms with Gasteiger partial charge in [0.25, 0.3) is 5.91 Å². The van der Waals surface area contributed by atoms with Gasteiger partial charge in [-0.3, -0.25) is 14.5 Å². The lowest BCUT2D eigenvalue weighted by Gasteiger charge is -2.27. The number of aliphatic hydroxyl groups excluding tert-OH is 1. The van der Waals surface area contributed by atoms with Gasteiger partial charge >= 0.3 is 0 Å². The van der Waals surface area contributed by atoms with Crippen molar-refractivity contribution in [2.75, 3.05) is 11.5 Å². The van der Waals surface area contributed by atoms with Crippen molar-refractivity contribution in [2.24, 2.45) is 0 Å². The highest BCUT2D eigenvalue weighted by Crippen LogP contribution is 2.43. The zero-order chi connectivity index (χ0) is 23.0. The third kappa shape index (κ3) is 3.89. The van der Waals surface area contributed by atoms with Crippen molar-refractivity contribution >= 4 is 40.3 Å². The second-order valence-electron chi connectivity index (χ2n) is 7.30. The van der Waals surface area contributed by atoms with Gasteiger partial charge in [-0.05, 0) is 56.7 Å². The van der Waals surface area contributed by atoms with Crippen molar-refractivity contribution in [3.63, 3.8) is 0 Å². The van der Waals surface area contributed by atoms with Gasteiger partial charge in [-0.1, -0.05) is 29.8 Å². The Hall–Kier alpha value is -3.16. The number of nitrogens with zero attached hydrogens (tertiary/aromatic N) is 2. The summed E-state index contributed by atoms with van der Waals surface area (Å²) in [5.41, 5.74) is 1.68. The molecule has 1 aliphatic heterocycles. The van der Waals surface area contributed by atoms with E-state index >= 15 is 0 Å². The maximum atomic E-state index is 13.6. The molecule has 6 nitrogen and oxygen atoms in total. The molecule has 8 heteroatoms. The van der Waals surface area contributed by atoms with Crippen LogP contribution in [0.5, 0.6) is 5.75 Å². The van der Waals surface area contributed by atoms with E-state index in [9.17, 15) is 14.7 Å². The number of hydrogen-bond acceptors (Lipinski definition) is 6. The fraction of sp³-hybridized carbons (Fsp3) is 0.208. The topological polar surface area (TPSA) is 79.7 Å². The zero-order valence-corrected chi connectivity index (χ0v) is 19.3. The summed E-state index contributed by atoms with van der Waals surface area (Å²) in [5.74, 6) is -1.06. The van der Waals surface area contributed by atoms with E-state index in [1.807, 2.05) is 13.8 Å². The van der Waals surface area contributed by atoms with E-state index in [-0.39, 0.29) is 5.57 Å². The lowest BCUT2D eigenvalue weighted by atomic mass is 9.94. The number of halogens is 1. The monoisotopic (exact) mass is 468 g/mol. The lowest BCUT2D eigenvalue weighted by molar-refractivity contribution is -0.117. The quantitative estimate of drug-likeness (QED) is 0.476. The van der Waals surface area contributed by atoms with Gasteiger partial charge in [0, 0.05) is 10.7 Å². The van der Waals surface area contributed by atoms with E-state index < -0.39 is 23.5 Å². The molecule has 4 rings (SSSR count). The van der Waals surface area contributed by atoms with E-state index in [0.29, 0.717) is 39.2 Å². The Morgan fingerprint density at radius 3 is 2.62 bits per heavy atom. The predicted molar refractivity (Wildman–Crippen MR) is 125 cm³/mol. The van der Waals surface area contributed by atoms with E-state index in [1.54, 1.807) is 55.5 Å². The van der Waals surface area contributed by atoms with Gasteiger partial charge in [0.05, 0.1) is 33.8 Å². The largest absolute Gasteiger partial charge is 0.503 e. The molecule has 0 bridgehead atoms. The first-order valence-corrected chi connectivity index (χ1v) is 11.2. The van der Waals surface area contributed by atoms with Crippen LogP contribution in [0, 0.1) is 13.8 Å². The third-order valence-electron chi connectivity index (χ3n) is 5.13. The molecule has 1 unspecified atom stereocenters. The summed E-state index contributed by atoms with van der Waals surface area (Å²) >= 11 is 7.42. The van der Waals surface area contributed by atoms with E-state index in [2.05, 4.69) is 4.98 Å². The second-order valence-corrected chi connectivity index (χ2v) is 8.94. The van der Waals surface area contributed by atoms with Crippen LogP contribution in [0.25, 0.3) is 0 Å².